The van der Waals surface area contributed by atoms with Crippen molar-refractivity contribution in [1.29, 1.82) is 0 Å². The summed E-state index contributed by atoms with van der Waals surface area (Å²) in [6.07, 6.45) is 8.22. The van der Waals surface area contributed by atoms with Crippen molar-refractivity contribution in [3.8, 4) is 0 Å². The van der Waals surface area contributed by atoms with Crippen LogP contribution in [-0.2, 0) is 0 Å². The van der Waals surface area contributed by atoms with Gasteiger partial charge in [-0.05, 0) is 56.7 Å². The molecule has 2 aromatic rings. The maximum atomic E-state index is 12.5. The molecule has 3 aliphatic rings. The average Bonchev–Trinajstić information content (AvgIpc) is 3.35. The molecule has 7 nitrogen and oxygen atoms in total. The van der Waals surface area contributed by atoms with Gasteiger partial charge in [0.05, 0.1) is 12.3 Å². The first-order valence-electron chi connectivity index (χ1n) is 10.0. The lowest BCUT2D eigenvalue weighted by Gasteiger charge is -2.38. The molecule has 0 N–H and O–H groups in total. The Kier molecular flexibility index (Phi) is 4.07. The van der Waals surface area contributed by atoms with Crippen LogP contribution in [0.15, 0.2) is 27.3 Å². The molecule has 2 saturated heterocycles. The zero-order chi connectivity index (χ0) is 18.4. The van der Waals surface area contributed by atoms with Gasteiger partial charge in [-0.2, -0.15) is 4.98 Å². The maximum absolute atomic E-state index is 12.5. The number of rotatable bonds is 3. The predicted octanol–water partition coefficient (Wildman–Crippen LogP) is 3.23. The van der Waals surface area contributed by atoms with Gasteiger partial charge in [-0.25, -0.2) is 0 Å². The molecule has 0 radical (unpaired) electrons. The summed E-state index contributed by atoms with van der Waals surface area (Å²) in [6.45, 7) is 2.58. The summed E-state index contributed by atoms with van der Waals surface area (Å²) in [7, 11) is 2.15. The first kappa shape index (κ1) is 17.0. The average molecular weight is 370 g/mol. The van der Waals surface area contributed by atoms with Crippen LogP contribution in [0.25, 0.3) is 0 Å². The summed E-state index contributed by atoms with van der Waals surface area (Å²) in [6, 6.07) is 3.72. The zero-order valence-electron chi connectivity index (χ0n) is 15.8. The molecular weight excluding hydrogens is 344 g/mol. The third-order valence-corrected chi connectivity index (χ3v) is 6.80. The summed E-state index contributed by atoms with van der Waals surface area (Å²) >= 11 is 0. The van der Waals surface area contributed by atoms with Gasteiger partial charge in [0.15, 0.2) is 11.6 Å². The van der Waals surface area contributed by atoms with Gasteiger partial charge >= 0.3 is 0 Å². The molecule has 1 amide bonds. The molecule has 3 fully saturated rings. The second kappa shape index (κ2) is 6.48. The van der Waals surface area contributed by atoms with Crippen LogP contribution in [-0.4, -0.2) is 52.5 Å². The SMILES string of the molecule is CN1CC2(CCN(C(=O)c3ccco3)CC2)CC1c1noc(C2CCC2)n1. The second-order valence-corrected chi connectivity index (χ2v) is 8.52. The summed E-state index contributed by atoms with van der Waals surface area (Å²) in [4.78, 5) is 21.5. The third kappa shape index (κ3) is 2.98. The maximum Gasteiger partial charge on any atom is 0.289 e. The Labute approximate surface area is 158 Å². The standard InChI is InChI=1S/C20H26N4O3/c1-23-13-20(7-9-24(10-8-20)19(25)16-6-3-11-26-16)12-15(23)17-21-18(27-22-17)14-4-2-5-14/h3,6,11,14-15H,2,4-5,7-10,12-13H2,1H3. The van der Waals surface area contributed by atoms with Crippen LogP contribution in [0.3, 0.4) is 0 Å². The molecule has 2 aliphatic heterocycles. The van der Waals surface area contributed by atoms with Crippen LogP contribution in [0.1, 0.15) is 72.8 Å². The highest BCUT2D eigenvalue weighted by Gasteiger charge is 2.47. The van der Waals surface area contributed by atoms with E-state index in [9.17, 15) is 4.79 Å². The minimum absolute atomic E-state index is 0.000981. The zero-order valence-corrected chi connectivity index (χ0v) is 15.8. The molecule has 1 spiro atoms. The van der Waals surface area contributed by atoms with Crippen LogP contribution >= 0.6 is 0 Å². The van der Waals surface area contributed by atoms with Gasteiger partial charge in [0.25, 0.3) is 5.91 Å². The predicted molar refractivity (Wildman–Crippen MR) is 97.2 cm³/mol. The molecule has 1 saturated carbocycles. The number of hydrogen-bond donors (Lipinski definition) is 0. The number of carbonyl (C=O) groups excluding carboxylic acids is 1. The fraction of sp³-hybridized carbons (Fsp3) is 0.650. The van der Waals surface area contributed by atoms with E-state index in [0.717, 1.165) is 50.6 Å². The van der Waals surface area contributed by atoms with E-state index >= 15 is 0 Å². The van der Waals surface area contributed by atoms with E-state index in [1.165, 1.54) is 19.3 Å². The molecule has 144 valence electrons. The van der Waals surface area contributed by atoms with Crippen molar-refractivity contribution in [3.63, 3.8) is 0 Å². The van der Waals surface area contributed by atoms with Gasteiger partial charge in [0.2, 0.25) is 5.89 Å². The van der Waals surface area contributed by atoms with E-state index < -0.39 is 0 Å². The fourth-order valence-electron chi connectivity index (χ4n) is 4.86. The summed E-state index contributed by atoms with van der Waals surface area (Å²) in [5.74, 6) is 2.57. The Morgan fingerprint density at radius 2 is 2.11 bits per heavy atom. The number of nitrogens with zero attached hydrogens (tertiary/aromatic N) is 4. The van der Waals surface area contributed by atoms with Gasteiger partial charge in [0.1, 0.15) is 0 Å². The van der Waals surface area contributed by atoms with Crippen molar-refractivity contribution in [3.05, 3.63) is 35.9 Å². The Hall–Kier alpha value is -2.15. The normalized spacial score (nSPS) is 25.8. The van der Waals surface area contributed by atoms with Crippen molar-refractivity contribution in [1.82, 2.24) is 19.9 Å². The van der Waals surface area contributed by atoms with E-state index in [0.29, 0.717) is 11.7 Å². The Balaban J connectivity index is 1.24. The molecule has 1 unspecified atom stereocenters. The number of furan rings is 1. The monoisotopic (exact) mass is 370 g/mol. The summed E-state index contributed by atoms with van der Waals surface area (Å²) < 4.78 is 10.8. The Morgan fingerprint density at radius 1 is 1.30 bits per heavy atom. The largest absolute Gasteiger partial charge is 0.459 e. The molecule has 27 heavy (non-hydrogen) atoms. The summed E-state index contributed by atoms with van der Waals surface area (Å²) in [5, 5.41) is 4.30. The first-order chi connectivity index (χ1) is 13.1. The number of likely N-dealkylation sites (tertiary alicyclic amines) is 2. The highest BCUT2D eigenvalue weighted by atomic mass is 16.5. The van der Waals surface area contributed by atoms with Crippen LogP contribution in [0.4, 0.5) is 0 Å². The van der Waals surface area contributed by atoms with Crippen molar-refractivity contribution in [2.45, 2.75) is 50.5 Å². The molecule has 7 heteroatoms. The molecule has 1 aliphatic carbocycles. The lowest BCUT2D eigenvalue weighted by Crippen LogP contribution is -2.44. The van der Waals surface area contributed by atoms with Crippen molar-refractivity contribution in [2.24, 2.45) is 5.41 Å². The number of carbonyl (C=O) groups is 1. The molecule has 2 aromatic heterocycles. The van der Waals surface area contributed by atoms with E-state index in [-0.39, 0.29) is 17.4 Å². The van der Waals surface area contributed by atoms with Gasteiger partial charge < -0.3 is 13.8 Å². The number of hydrogen-bond acceptors (Lipinski definition) is 6. The minimum atomic E-state index is 0.000981. The molecule has 4 heterocycles. The van der Waals surface area contributed by atoms with Gasteiger partial charge in [-0.15, -0.1) is 0 Å². The fourth-order valence-corrected chi connectivity index (χ4v) is 4.86. The molecule has 0 aromatic carbocycles. The van der Waals surface area contributed by atoms with Gasteiger partial charge in [0, 0.05) is 25.6 Å². The van der Waals surface area contributed by atoms with Crippen LogP contribution in [0.2, 0.25) is 0 Å². The van der Waals surface area contributed by atoms with Crippen molar-refractivity contribution in [2.75, 3.05) is 26.7 Å². The quantitative estimate of drug-likeness (QED) is 0.826. The van der Waals surface area contributed by atoms with Crippen LogP contribution in [0.5, 0.6) is 0 Å². The molecule has 5 rings (SSSR count). The lowest BCUT2D eigenvalue weighted by molar-refractivity contribution is 0.0563. The van der Waals surface area contributed by atoms with Gasteiger partial charge in [-0.1, -0.05) is 11.6 Å². The van der Waals surface area contributed by atoms with E-state index in [1.54, 1.807) is 18.4 Å². The minimum Gasteiger partial charge on any atom is -0.459 e. The number of amides is 1. The first-order valence-corrected chi connectivity index (χ1v) is 10.0. The highest BCUT2D eigenvalue weighted by Crippen LogP contribution is 2.48. The van der Waals surface area contributed by atoms with Gasteiger partial charge in [-0.3, -0.25) is 9.69 Å². The van der Waals surface area contributed by atoms with E-state index in [1.807, 2.05) is 4.90 Å². The molecular formula is C20H26N4O3. The topological polar surface area (TPSA) is 75.6 Å². The number of piperidine rings is 1. The van der Waals surface area contributed by atoms with Crippen molar-refractivity contribution >= 4 is 5.91 Å². The van der Waals surface area contributed by atoms with Crippen LogP contribution < -0.4 is 0 Å². The summed E-state index contributed by atoms with van der Waals surface area (Å²) in [5.41, 5.74) is 0.233. The number of aromatic nitrogens is 2. The second-order valence-electron chi connectivity index (χ2n) is 8.52. The molecule has 0 bridgehead atoms. The lowest BCUT2D eigenvalue weighted by atomic mass is 9.76. The highest BCUT2D eigenvalue weighted by molar-refractivity contribution is 5.91. The van der Waals surface area contributed by atoms with Crippen LogP contribution in [0, 0.1) is 5.41 Å². The van der Waals surface area contributed by atoms with Crippen molar-refractivity contribution < 1.29 is 13.7 Å². The van der Waals surface area contributed by atoms with E-state index in [2.05, 4.69) is 17.1 Å². The third-order valence-electron chi connectivity index (χ3n) is 6.80. The molecule has 1 atom stereocenters. The Morgan fingerprint density at radius 3 is 2.78 bits per heavy atom. The van der Waals surface area contributed by atoms with E-state index in [4.69, 9.17) is 13.9 Å². The smallest absolute Gasteiger partial charge is 0.289 e. The Bertz CT molecular complexity index is 803.